The molecule has 1 N–H and O–H groups in total. The van der Waals surface area contributed by atoms with Gasteiger partial charge in [-0.3, -0.25) is 9.00 Å². The molecule has 0 fully saturated rings. The molecule has 5 heteroatoms. The van der Waals surface area contributed by atoms with E-state index in [0.29, 0.717) is 16.3 Å². The van der Waals surface area contributed by atoms with Crippen molar-refractivity contribution in [2.45, 2.75) is 16.6 Å². The lowest BCUT2D eigenvalue weighted by Gasteiger charge is -2.10. The highest BCUT2D eigenvalue weighted by atomic mass is 32.2. The van der Waals surface area contributed by atoms with E-state index in [-0.39, 0.29) is 12.3 Å². The molecule has 1 amide bonds. The molecule has 0 saturated carbocycles. The van der Waals surface area contributed by atoms with Gasteiger partial charge < -0.3 is 9.73 Å². The summed E-state index contributed by atoms with van der Waals surface area (Å²) in [7, 11) is -1.30. The second-order valence-electron chi connectivity index (χ2n) is 4.05. The third kappa shape index (κ3) is 1.86. The first-order chi connectivity index (χ1) is 8.75. The van der Waals surface area contributed by atoms with Crippen LogP contribution in [0.3, 0.4) is 0 Å². The van der Waals surface area contributed by atoms with Gasteiger partial charge >= 0.3 is 0 Å². The average Bonchev–Trinajstić information content (AvgIpc) is 2.85. The van der Waals surface area contributed by atoms with E-state index >= 15 is 0 Å². The summed E-state index contributed by atoms with van der Waals surface area (Å²) in [5.74, 6) is 0.440. The first-order valence-electron chi connectivity index (χ1n) is 5.58. The molecule has 3 rings (SSSR count). The van der Waals surface area contributed by atoms with Crippen LogP contribution in [-0.4, -0.2) is 10.1 Å². The van der Waals surface area contributed by atoms with E-state index < -0.39 is 16.0 Å². The molecule has 1 aromatic carbocycles. The van der Waals surface area contributed by atoms with Gasteiger partial charge in [0.05, 0.1) is 27.6 Å². The zero-order valence-electron chi connectivity index (χ0n) is 9.46. The van der Waals surface area contributed by atoms with E-state index in [1.165, 1.54) is 6.26 Å². The Kier molecular flexibility index (Phi) is 2.76. The molecule has 0 bridgehead atoms. The van der Waals surface area contributed by atoms with Crippen molar-refractivity contribution in [3.63, 3.8) is 0 Å². The van der Waals surface area contributed by atoms with Crippen LogP contribution in [0.25, 0.3) is 0 Å². The summed E-state index contributed by atoms with van der Waals surface area (Å²) >= 11 is 0. The molecule has 0 spiro atoms. The average molecular weight is 261 g/mol. The van der Waals surface area contributed by atoms with Gasteiger partial charge in [0.2, 0.25) is 5.91 Å². The monoisotopic (exact) mass is 261 g/mol. The van der Waals surface area contributed by atoms with E-state index in [2.05, 4.69) is 5.32 Å². The molecule has 2 heterocycles. The number of nitrogens with one attached hydrogen (secondary N) is 1. The van der Waals surface area contributed by atoms with Crippen LogP contribution in [0.1, 0.15) is 17.4 Å². The number of carbonyl (C=O) groups excluding carboxylic acids is 1. The molecule has 2 aromatic rings. The van der Waals surface area contributed by atoms with Gasteiger partial charge in [0.25, 0.3) is 0 Å². The maximum absolute atomic E-state index is 12.5. The van der Waals surface area contributed by atoms with Crippen LogP contribution in [0.15, 0.2) is 52.0 Å². The second kappa shape index (κ2) is 4.42. The predicted octanol–water partition coefficient (Wildman–Crippen LogP) is 2.47. The molecule has 18 heavy (non-hydrogen) atoms. The van der Waals surface area contributed by atoms with Gasteiger partial charge in [-0.2, -0.15) is 0 Å². The number of para-hydroxylation sites is 1. The van der Waals surface area contributed by atoms with Crippen molar-refractivity contribution in [1.82, 2.24) is 0 Å². The molecule has 2 unspecified atom stereocenters. The number of anilines is 1. The summed E-state index contributed by atoms with van der Waals surface area (Å²) in [4.78, 5) is 12.5. The zero-order chi connectivity index (χ0) is 12.5. The number of amides is 1. The van der Waals surface area contributed by atoms with E-state index in [0.717, 1.165) is 0 Å². The van der Waals surface area contributed by atoms with Gasteiger partial charge in [0.15, 0.2) is 0 Å². The molecule has 4 nitrogen and oxygen atoms in total. The van der Waals surface area contributed by atoms with Crippen LogP contribution in [0.2, 0.25) is 0 Å². The Hall–Kier alpha value is -1.88. The van der Waals surface area contributed by atoms with Gasteiger partial charge in [-0.25, -0.2) is 0 Å². The summed E-state index contributed by atoms with van der Waals surface area (Å²) in [6.07, 6.45) is 1.69. The second-order valence-corrected chi connectivity index (χ2v) is 5.65. The van der Waals surface area contributed by atoms with Crippen molar-refractivity contribution in [1.29, 1.82) is 0 Å². The van der Waals surface area contributed by atoms with Crippen LogP contribution >= 0.6 is 0 Å². The molecule has 0 aliphatic carbocycles. The van der Waals surface area contributed by atoms with Crippen LogP contribution in [-0.2, 0) is 15.6 Å². The van der Waals surface area contributed by atoms with Crippen molar-refractivity contribution in [3.8, 4) is 0 Å². The topological polar surface area (TPSA) is 59.3 Å². The van der Waals surface area contributed by atoms with E-state index in [1.807, 2.05) is 12.1 Å². The quantitative estimate of drug-likeness (QED) is 0.857. The summed E-state index contributed by atoms with van der Waals surface area (Å²) in [5, 5.41) is 2.34. The summed E-state index contributed by atoms with van der Waals surface area (Å²) < 4.78 is 17.8. The summed E-state index contributed by atoms with van der Waals surface area (Å²) in [6.45, 7) is 0. The lowest BCUT2D eigenvalue weighted by molar-refractivity contribution is -0.116. The SMILES string of the molecule is O=C1CC(c2ccco2)S(=O)c2ccccc2N1. The maximum atomic E-state index is 12.5. The van der Waals surface area contributed by atoms with Crippen molar-refractivity contribution in [2.24, 2.45) is 0 Å². The number of rotatable bonds is 1. The number of benzene rings is 1. The van der Waals surface area contributed by atoms with Gasteiger partial charge in [-0.05, 0) is 24.3 Å². The fraction of sp³-hybridized carbons (Fsp3) is 0.154. The number of hydrogen-bond donors (Lipinski definition) is 1. The minimum Gasteiger partial charge on any atom is -0.468 e. The first kappa shape index (κ1) is 11.2. The fourth-order valence-corrected chi connectivity index (χ4v) is 3.53. The van der Waals surface area contributed by atoms with Crippen molar-refractivity contribution in [3.05, 3.63) is 48.4 Å². The Morgan fingerprint density at radius 2 is 2.06 bits per heavy atom. The van der Waals surface area contributed by atoms with E-state index in [9.17, 15) is 9.00 Å². The number of furan rings is 1. The lowest BCUT2D eigenvalue weighted by Crippen LogP contribution is -2.13. The Morgan fingerprint density at radius 1 is 1.22 bits per heavy atom. The third-order valence-corrected chi connectivity index (χ3v) is 4.57. The fourth-order valence-electron chi connectivity index (χ4n) is 2.02. The predicted molar refractivity (Wildman–Crippen MR) is 67.5 cm³/mol. The summed E-state index contributed by atoms with van der Waals surface area (Å²) in [5.41, 5.74) is 0.620. The minimum absolute atomic E-state index is 0.144. The van der Waals surface area contributed by atoms with Crippen LogP contribution < -0.4 is 5.32 Å². The molecule has 1 aromatic heterocycles. The lowest BCUT2D eigenvalue weighted by atomic mass is 10.2. The normalized spacial score (nSPS) is 23.0. The maximum Gasteiger partial charge on any atom is 0.226 e. The van der Waals surface area contributed by atoms with Crippen molar-refractivity contribution in [2.75, 3.05) is 5.32 Å². The molecular formula is C13H11NO3S. The smallest absolute Gasteiger partial charge is 0.226 e. The first-order valence-corrected chi connectivity index (χ1v) is 6.80. The standard InChI is InChI=1S/C13H11NO3S/c15-13-8-12(10-5-3-7-17-10)18(16)11-6-2-1-4-9(11)14-13/h1-7,12H,8H2,(H,14,15). The molecule has 2 atom stereocenters. The summed E-state index contributed by atoms with van der Waals surface area (Å²) in [6, 6.07) is 10.6. The minimum atomic E-state index is -1.30. The molecule has 0 radical (unpaired) electrons. The van der Waals surface area contributed by atoms with Gasteiger partial charge in [0, 0.05) is 6.42 Å². The third-order valence-electron chi connectivity index (χ3n) is 2.87. The van der Waals surface area contributed by atoms with E-state index in [4.69, 9.17) is 4.42 Å². The highest BCUT2D eigenvalue weighted by molar-refractivity contribution is 7.85. The van der Waals surface area contributed by atoms with Crippen molar-refractivity contribution < 1.29 is 13.4 Å². The van der Waals surface area contributed by atoms with Gasteiger partial charge in [-0.15, -0.1) is 0 Å². The Balaban J connectivity index is 2.09. The highest BCUT2D eigenvalue weighted by Crippen LogP contribution is 2.35. The van der Waals surface area contributed by atoms with Gasteiger partial charge in [-0.1, -0.05) is 12.1 Å². The van der Waals surface area contributed by atoms with Crippen LogP contribution in [0, 0.1) is 0 Å². The Morgan fingerprint density at radius 3 is 2.83 bits per heavy atom. The molecule has 1 aliphatic heterocycles. The molecule has 92 valence electrons. The zero-order valence-corrected chi connectivity index (χ0v) is 10.3. The Labute approximate surface area is 106 Å². The highest BCUT2D eigenvalue weighted by Gasteiger charge is 2.30. The molecule has 1 aliphatic rings. The van der Waals surface area contributed by atoms with Crippen LogP contribution in [0.4, 0.5) is 5.69 Å². The largest absolute Gasteiger partial charge is 0.468 e. The van der Waals surface area contributed by atoms with E-state index in [1.54, 1.807) is 24.3 Å². The molecular weight excluding hydrogens is 250 g/mol. The Bertz CT molecular complexity index is 606. The number of carbonyl (C=O) groups is 1. The number of hydrogen-bond acceptors (Lipinski definition) is 3. The van der Waals surface area contributed by atoms with Gasteiger partial charge in [0.1, 0.15) is 11.0 Å². The van der Waals surface area contributed by atoms with Crippen LogP contribution in [0.5, 0.6) is 0 Å². The number of fused-ring (bicyclic) bond motifs is 1. The van der Waals surface area contributed by atoms with Crippen molar-refractivity contribution >= 4 is 22.4 Å². The molecule has 0 saturated heterocycles.